The monoisotopic (exact) mass is 605 g/mol. The summed E-state index contributed by atoms with van der Waals surface area (Å²) in [6, 6.07) is 14.1. The molecule has 0 aliphatic carbocycles. The SMILES string of the molecule is CC(C)(C)OC(=O)N1CCN(Cc2ccc(Nc3ncc(C(F)(F)F)c(CCc4ccccc4CC(=O)[O-])n3)cc2)CC1.[Li+]. The first kappa shape index (κ1) is 34.9. The first-order valence-corrected chi connectivity index (χ1v) is 14.0. The van der Waals surface area contributed by atoms with Crippen molar-refractivity contribution in [2.24, 2.45) is 0 Å². The average molecular weight is 606 g/mol. The minimum absolute atomic E-state index is 0. The number of anilines is 2. The molecule has 1 fully saturated rings. The Hall–Kier alpha value is -3.59. The number of rotatable bonds is 9. The zero-order valence-corrected chi connectivity index (χ0v) is 25.4. The molecule has 1 aromatic heterocycles. The molecule has 1 saturated heterocycles. The molecular weight excluding hydrogens is 570 g/mol. The molecule has 13 heteroatoms. The van der Waals surface area contributed by atoms with Crippen molar-refractivity contribution in [2.75, 3.05) is 31.5 Å². The third-order valence-corrected chi connectivity index (χ3v) is 6.90. The molecule has 1 aliphatic rings. The normalized spacial score (nSPS) is 14.1. The Morgan fingerprint density at radius 3 is 2.18 bits per heavy atom. The molecule has 9 nitrogen and oxygen atoms in total. The number of hydrogen-bond donors (Lipinski definition) is 1. The summed E-state index contributed by atoms with van der Waals surface area (Å²) in [7, 11) is 0. The maximum Gasteiger partial charge on any atom is 1.00 e. The van der Waals surface area contributed by atoms with Gasteiger partial charge >= 0.3 is 31.1 Å². The van der Waals surface area contributed by atoms with E-state index in [0.29, 0.717) is 49.5 Å². The fraction of sp³-hybridized carbons (Fsp3) is 0.419. The van der Waals surface area contributed by atoms with Crippen LogP contribution in [-0.4, -0.2) is 63.6 Å². The largest absolute Gasteiger partial charge is 1.00 e. The third kappa shape index (κ3) is 10.3. The molecule has 0 saturated carbocycles. The van der Waals surface area contributed by atoms with Gasteiger partial charge in [0.1, 0.15) is 5.60 Å². The van der Waals surface area contributed by atoms with Crippen molar-refractivity contribution in [2.45, 2.75) is 58.4 Å². The van der Waals surface area contributed by atoms with Crippen molar-refractivity contribution in [1.29, 1.82) is 0 Å². The molecule has 1 aliphatic heterocycles. The quantitative estimate of drug-likeness (QED) is 0.365. The van der Waals surface area contributed by atoms with Crippen LogP contribution in [0, 0.1) is 0 Å². The van der Waals surface area contributed by atoms with Gasteiger partial charge in [0.05, 0.1) is 11.3 Å². The molecule has 1 N–H and O–H groups in total. The van der Waals surface area contributed by atoms with E-state index in [9.17, 15) is 27.9 Å². The second-order valence-corrected chi connectivity index (χ2v) is 11.4. The van der Waals surface area contributed by atoms with Gasteiger partial charge in [0.15, 0.2) is 0 Å². The van der Waals surface area contributed by atoms with Gasteiger partial charge in [0.2, 0.25) is 5.95 Å². The fourth-order valence-electron chi connectivity index (χ4n) is 4.78. The van der Waals surface area contributed by atoms with Crippen LogP contribution < -0.4 is 29.3 Å². The molecule has 2 heterocycles. The number of benzene rings is 2. The second kappa shape index (κ2) is 14.9. The Labute approximate surface area is 267 Å². The number of carboxylic acid groups (broad SMARTS) is 1. The van der Waals surface area contributed by atoms with Crippen molar-refractivity contribution in [3.8, 4) is 0 Å². The number of nitrogens with one attached hydrogen (secondary N) is 1. The van der Waals surface area contributed by atoms with E-state index in [1.807, 2.05) is 45.0 Å². The molecule has 0 bridgehead atoms. The average Bonchev–Trinajstić information content (AvgIpc) is 2.92. The Morgan fingerprint density at radius 1 is 0.955 bits per heavy atom. The van der Waals surface area contributed by atoms with Crippen molar-refractivity contribution < 1.29 is 51.5 Å². The van der Waals surface area contributed by atoms with Gasteiger partial charge in [-0.15, -0.1) is 0 Å². The fourth-order valence-corrected chi connectivity index (χ4v) is 4.78. The third-order valence-electron chi connectivity index (χ3n) is 6.90. The smallest absolute Gasteiger partial charge is 0.550 e. The molecule has 1 amide bonds. The number of aliphatic carboxylic acids is 1. The maximum absolute atomic E-state index is 13.7. The molecule has 0 radical (unpaired) electrons. The van der Waals surface area contributed by atoms with Crippen LogP contribution in [0.5, 0.6) is 0 Å². The van der Waals surface area contributed by atoms with Crippen LogP contribution >= 0.6 is 0 Å². The molecule has 0 unspecified atom stereocenters. The number of carbonyl (C=O) groups excluding carboxylic acids is 2. The van der Waals surface area contributed by atoms with Gasteiger partial charge in [-0.25, -0.2) is 14.8 Å². The zero-order chi connectivity index (χ0) is 31.2. The van der Waals surface area contributed by atoms with Crippen LogP contribution in [0.2, 0.25) is 0 Å². The summed E-state index contributed by atoms with van der Waals surface area (Å²) in [5.41, 5.74) is 1.12. The van der Waals surface area contributed by atoms with Gasteiger partial charge in [-0.05, 0) is 62.4 Å². The summed E-state index contributed by atoms with van der Waals surface area (Å²) < 4.78 is 46.6. The minimum Gasteiger partial charge on any atom is -0.550 e. The topological polar surface area (TPSA) is 111 Å². The van der Waals surface area contributed by atoms with Gasteiger partial charge in [0.25, 0.3) is 0 Å². The molecule has 2 aromatic carbocycles. The van der Waals surface area contributed by atoms with Crippen molar-refractivity contribution in [1.82, 2.24) is 19.8 Å². The number of carbonyl (C=O) groups is 2. The number of alkyl halides is 3. The Bertz CT molecular complexity index is 1420. The molecule has 0 atom stereocenters. The van der Waals surface area contributed by atoms with E-state index in [1.165, 1.54) is 0 Å². The van der Waals surface area contributed by atoms with E-state index in [-0.39, 0.29) is 55.9 Å². The standard InChI is InChI=1S/C31H36F3N5O4.Li/c1-30(2,3)43-29(42)39-16-14-38(15-17-39)20-21-8-11-24(12-9-21)36-28-35-19-25(31(32,33)34)26(37-28)13-10-22-6-4-5-7-23(22)18-27(40)41;/h4-9,11-12,19H,10,13-18,20H2,1-3H3,(H,40,41)(H,35,36,37);/q;+1/p-1. The molecule has 44 heavy (non-hydrogen) atoms. The number of halogens is 3. The number of hydrogen-bond acceptors (Lipinski definition) is 8. The van der Waals surface area contributed by atoms with Crippen LogP contribution in [0.15, 0.2) is 54.7 Å². The van der Waals surface area contributed by atoms with Crippen LogP contribution in [0.4, 0.5) is 29.6 Å². The minimum atomic E-state index is -4.64. The summed E-state index contributed by atoms with van der Waals surface area (Å²) in [6.45, 7) is 8.77. The molecule has 0 spiro atoms. The number of amides is 1. The van der Waals surface area contributed by atoms with E-state index in [0.717, 1.165) is 11.8 Å². The van der Waals surface area contributed by atoms with Crippen LogP contribution in [0.25, 0.3) is 0 Å². The molecule has 4 rings (SSSR count). The van der Waals surface area contributed by atoms with E-state index >= 15 is 0 Å². The van der Waals surface area contributed by atoms with E-state index in [2.05, 4.69) is 20.2 Å². The van der Waals surface area contributed by atoms with Crippen LogP contribution in [0.3, 0.4) is 0 Å². The summed E-state index contributed by atoms with van der Waals surface area (Å²) in [5, 5.41) is 14.1. The van der Waals surface area contributed by atoms with Gasteiger partial charge in [-0.1, -0.05) is 36.4 Å². The number of piperazine rings is 1. The first-order valence-electron chi connectivity index (χ1n) is 14.0. The Morgan fingerprint density at radius 2 is 1.59 bits per heavy atom. The van der Waals surface area contributed by atoms with Crippen molar-refractivity contribution in [3.05, 3.63) is 82.7 Å². The van der Waals surface area contributed by atoms with Crippen molar-refractivity contribution >= 4 is 23.7 Å². The predicted octanol–water partition coefficient (Wildman–Crippen LogP) is 1.37. The summed E-state index contributed by atoms with van der Waals surface area (Å²) in [4.78, 5) is 35.4. The Balaban J connectivity index is 0.00000529. The number of aromatic nitrogens is 2. The molecule has 230 valence electrons. The van der Waals surface area contributed by atoms with Gasteiger partial charge < -0.3 is 24.9 Å². The van der Waals surface area contributed by atoms with Crippen molar-refractivity contribution in [3.63, 3.8) is 0 Å². The van der Waals surface area contributed by atoms with Crippen LogP contribution in [0.1, 0.15) is 48.7 Å². The van der Waals surface area contributed by atoms with E-state index < -0.39 is 23.3 Å². The van der Waals surface area contributed by atoms with Gasteiger partial charge in [-0.2, -0.15) is 13.2 Å². The van der Waals surface area contributed by atoms with Gasteiger partial charge in [-0.3, -0.25) is 4.90 Å². The number of ether oxygens (including phenoxy) is 1. The summed E-state index contributed by atoms with van der Waals surface area (Å²) in [6.07, 6.45) is -4.39. The zero-order valence-electron chi connectivity index (χ0n) is 25.4. The number of aryl methyl sites for hydroxylation is 2. The maximum atomic E-state index is 13.7. The first-order chi connectivity index (χ1) is 20.3. The second-order valence-electron chi connectivity index (χ2n) is 11.4. The molecular formula is C31H35F3LiN5O4. The predicted molar refractivity (Wildman–Crippen MR) is 152 cm³/mol. The number of nitrogens with zero attached hydrogens (tertiary/aromatic N) is 4. The van der Waals surface area contributed by atoms with E-state index in [4.69, 9.17) is 4.74 Å². The summed E-state index contributed by atoms with van der Waals surface area (Å²) >= 11 is 0. The number of carboxylic acids is 1. The van der Waals surface area contributed by atoms with Crippen LogP contribution in [-0.2, 0) is 41.5 Å². The Kier molecular flexibility index (Phi) is 11.8. The van der Waals surface area contributed by atoms with Gasteiger partial charge in [0, 0.05) is 57.0 Å². The van der Waals surface area contributed by atoms with E-state index in [1.54, 1.807) is 29.2 Å². The summed E-state index contributed by atoms with van der Waals surface area (Å²) in [5.74, 6) is -1.24. The molecule has 3 aromatic rings.